The van der Waals surface area contributed by atoms with E-state index < -0.39 is 0 Å². The maximum atomic E-state index is 12.5. The summed E-state index contributed by atoms with van der Waals surface area (Å²) in [4.78, 5) is 20.2. The number of rotatable bonds is 3. The lowest BCUT2D eigenvalue weighted by atomic mass is 9.96. The van der Waals surface area contributed by atoms with Crippen molar-refractivity contribution in [3.05, 3.63) is 36.0 Å². The number of fused-ring (bicyclic) bond motifs is 1. The molecule has 0 atom stereocenters. The number of nitrogens with zero attached hydrogens (tertiary/aromatic N) is 2. The molecule has 0 unspecified atom stereocenters. The highest BCUT2D eigenvalue weighted by molar-refractivity contribution is 5.83. The lowest BCUT2D eigenvalue weighted by Crippen LogP contribution is -2.53. The predicted octanol–water partition coefficient (Wildman–Crippen LogP) is 3.33. The molecule has 1 saturated carbocycles. The molecular weight excluding hydrogens is 312 g/mol. The zero-order chi connectivity index (χ0) is 17.1. The summed E-state index contributed by atoms with van der Waals surface area (Å²) in [5, 5.41) is 4.54. The molecule has 1 aromatic carbocycles. The number of amides is 2. The third-order valence-electron chi connectivity index (χ3n) is 5.66. The SMILES string of the molecule is O=C(NC1CCCCC1)N1CCN(Cc2c[nH]c3ccccc23)CC1. The summed E-state index contributed by atoms with van der Waals surface area (Å²) < 4.78 is 0. The molecule has 2 aliphatic rings. The lowest BCUT2D eigenvalue weighted by molar-refractivity contribution is 0.132. The number of carbonyl (C=O) groups excluding carboxylic acids is 1. The molecule has 0 spiro atoms. The monoisotopic (exact) mass is 340 g/mol. The Morgan fingerprint density at radius 2 is 1.84 bits per heavy atom. The number of aromatic amines is 1. The summed E-state index contributed by atoms with van der Waals surface area (Å²) in [5.41, 5.74) is 2.54. The number of aromatic nitrogens is 1. The first kappa shape index (κ1) is 16.5. The van der Waals surface area contributed by atoms with Crippen LogP contribution < -0.4 is 5.32 Å². The smallest absolute Gasteiger partial charge is 0.317 e. The van der Waals surface area contributed by atoms with Gasteiger partial charge >= 0.3 is 6.03 Å². The molecular formula is C20H28N4O. The third kappa shape index (κ3) is 3.82. The molecule has 5 heteroatoms. The number of nitrogens with one attached hydrogen (secondary N) is 2. The Bertz CT molecular complexity index is 711. The van der Waals surface area contributed by atoms with E-state index in [0.29, 0.717) is 6.04 Å². The van der Waals surface area contributed by atoms with Gasteiger partial charge in [0.1, 0.15) is 0 Å². The Labute approximate surface area is 149 Å². The van der Waals surface area contributed by atoms with Crippen LogP contribution in [0.15, 0.2) is 30.5 Å². The van der Waals surface area contributed by atoms with Crippen LogP contribution in [0.3, 0.4) is 0 Å². The van der Waals surface area contributed by atoms with Crippen molar-refractivity contribution in [3.63, 3.8) is 0 Å². The van der Waals surface area contributed by atoms with Crippen molar-refractivity contribution in [3.8, 4) is 0 Å². The molecule has 2 fully saturated rings. The van der Waals surface area contributed by atoms with Gasteiger partial charge in [0.25, 0.3) is 0 Å². The molecule has 2 amide bonds. The minimum Gasteiger partial charge on any atom is -0.361 e. The zero-order valence-electron chi connectivity index (χ0n) is 14.8. The van der Waals surface area contributed by atoms with Crippen LogP contribution in [0.4, 0.5) is 4.79 Å². The first-order valence-electron chi connectivity index (χ1n) is 9.62. The molecule has 1 saturated heterocycles. The lowest BCUT2D eigenvalue weighted by Gasteiger charge is -2.36. The number of carbonyl (C=O) groups is 1. The van der Waals surface area contributed by atoms with Crippen LogP contribution >= 0.6 is 0 Å². The fourth-order valence-corrected chi connectivity index (χ4v) is 4.13. The van der Waals surface area contributed by atoms with Gasteiger partial charge in [-0.15, -0.1) is 0 Å². The number of hydrogen-bond donors (Lipinski definition) is 2. The van der Waals surface area contributed by atoms with Gasteiger partial charge < -0.3 is 15.2 Å². The highest BCUT2D eigenvalue weighted by Gasteiger charge is 2.24. The molecule has 4 rings (SSSR count). The van der Waals surface area contributed by atoms with Crippen molar-refractivity contribution < 1.29 is 4.79 Å². The van der Waals surface area contributed by atoms with Crippen LogP contribution in [0.2, 0.25) is 0 Å². The molecule has 25 heavy (non-hydrogen) atoms. The van der Waals surface area contributed by atoms with Crippen molar-refractivity contribution in [2.75, 3.05) is 26.2 Å². The van der Waals surface area contributed by atoms with Crippen LogP contribution in [0.1, 0.15) is 37.7 Å². The molecule has 0 bridgehead atoms. The van der Waals surface area contributed by atoms with E-state index in [1.165, 1.54) is 35.7 Å². The van der Waals surface area contributed by atoms with Crippen LogP contribution in [0.25, 0.3) is 10.9 Å². The second-order valence-electron chi connectivity index (χ2n) is 7.41. The minimum atomic E-state index is 0.138. The molecule has 1 aromatic heterocycles. The highest BCUT2D eigenvalue weighted by Crippen LogP contribution is 2.20. The van der Waals surface area contributed by atoms with E-state index in [1.807, 2.05) is 4.90 Å². The van der Waals surface area contributed by atoms with E-state index in [0.717, 1.165) is 45.6 Å². The Kier molecular flexibility index (Phi) is 4.92. The van der Waals surface area contributed by atoms with Gasteiger partial charge in [0.05, 0.1) is 0 Å². The summed E-state index contributed by atoms with van der Waals surface area (Å²) >= 11 is 0. The maximum Gasteiger partial charge on any atom is 0.317 e. The number of hydrogen-bond acceptors (Lipinski definition) is 2. The van der Waals surface area contributed by atoms with E-state index >= 15 is 0 Å². The summed E-state index contributed by atoms with van der Waals surface area (Å²) in [5.74, 6) is 0. The first-order valence-corrected chi connectivity index (χ1v) is 9.62. The van der Waals surface area contributed by atoms with Gasteiger partial charge in [0.2, 0.25) is 0 Å². The Morgan fingerprint density at radius 3 is 2.64 bits per heavy atom. The quantitative estimate of drug-likeness (QED) is 0.900. The Hall–Kier alpha value is -2.01. The standard InChI is InChI=1S/C20H28N4O/c25-20(22-17-6-2-1-3-7-17)24-12-10-23(11-13-24)15-16-14-21-19-9-5-4-8-18(16)19/h4-5,8-9,14,17,21H,1-3,6-7,10-13,15H2,(H,22,25). The first-order chi connectivity index (χ1) is 12.3. The number of H-pyrrole nitrogens is 1. The Morgan fingerprint density at radius 1 is 1.08 bits per heavy atom. The van der Waals surface area contributed by atoms with Gasteiger partial charge in [-0.2, -0.15) is 0 Å². The van der Waals surface area contributed by atoms with E-state index in [2.05, 4.69) is 45.7 Å². The van der Waals surface area contributed by atoms with Gasteiger partial charge in [-0.25, -0.2) is 4.79 Å². The molecule has 1 aliphatic heterocycles. The summed E-state index contributed by atoms with van der Waals surface area (Å²) in [6.45, 7) is 4.47. The van der Waals surface area contributed by atoms with Crippen molar-refractivity contribution in [2.24, 2.45) is 0 Å². The molecule has 134 valence electrons. The van der Waals surface area contributed by atoms with Gasteiger partial charge in [-0.1, -0.05) is 37.5 Å². The van der Waals surface area contributed by atoms with Gasteiger partial charge in [0, 0.05) is 55.9 Å². The van der Waals surface area contributed by atoms with Crippen molar-refractivity contribution in [1.82, 2.24) is 20.1 Å². The van der Waals surface area contributed by atoms with Gasteiger partial charge in [-0.3, -0.25) is 4.90 Å². The molecule has 5 nitrogen and oxygen atoms in total. The topological polar surface area (TPSA) is 51.4 Å². The van der Waals surface area contributed by atoms with E-state index in [9.17, 15) is 4.79 Å². The summed E-state index contributed by atoms with van der Waals surface area (Å²) in [6.07, 6.45) is 8.23. The minimum absolute atomic E-state index is 0.138. The maximum absolute atomic E-state index is 12.5. The van der Waals surface area contributed by atoms with Crippen LogP contribution in [0.5, 0.6) is 0 Å². The number of piperazine rings is 1. The number of para-hydroxylation sites is 1. The average Bonchev–Trinajstić information content (AvgIpc) is 3.06. The molecule has 2 heterocycles. The Balaban J connectivity index is 1.28. The van der Waals surface area contributed by atoms with Crippen molar-refractivity contribution in [2.45, 2.75) is 44.7 Å². The average molecular weight is 340 g/mol. The second kappa shape index (κ2) is 7.48. The largest absolute Gasteiger partial charge is 0.361 e. The highest BCUT2D eigenvalue weighted by atomic mass is 16.2. The van der Waals surface area contributed by atoms with Crippen LogP contribution in [-0.2, 0) is 6.54 Å². The fourth-order valence-electron chi connectivity index (χ4n) is 4.13. The summed E-state index contributed by atoms with van der Waals surface area (Å²) in [7, 11) is 0. The number of urea groups is 1. The van der Waals surface area contributed by atoms with Gasteiger partial charge in [-0.05, 0) is 24.5 Å². The molecule has 0 radical (unpaired) electrons. The number of benzene rings is 1. The zero-order valence-corrected chi connectivity index (χ0v) is 14.8. The molecule has 2 N–H and O–H groups in total. The summed E-state index contributed by atoms with van der Waals surface area (Å²) in [6, 6.07) is 8.98. The fraction of sp³-hybridized carbons (Fsp3) is 0.550. The van der Waals surface area contributed by atoms with Crippen LogP contribution in [-0.4, -0.2) is 53.0 Å². The third-order valence-corrected chi connectivity index (χ3v) is 5.66. The van der Waals surface area contributed by atoms with E-state index in [-0.39, 0.29) is 6.03 Å². The van der Waals surface area contributed by atoms with Crippen molar-refractivity contribution in [1.29, 1.82) is 0 Å². The molecule has 1 aliphatic carbocycles. The molecule has 2 aromatic rings. The van der Waals surface area contributed by atoms with Crippen LogP contribution in [0, 0.1) is 0 Å². The predicted molar refractivity (Wildman–Crippen MR) is 101 cm³/mol. The van der Waals surface area contributed by atoms with E-state index in [1.54, 1.807) is 0 Å². The normalized spacial score (nSPS) is 20.1. The van der Waals surface area contributed by atoms with Crippen molar-refractivity contribution >= 4 is 16.9 Å². The van der Waals surface area contributed by atoms with Gasteiger partial charge in [0.15, 0.2) is 0 Å². The van der Waals surface area contributed by atoms with E-state index in [4.69, 9.17) is 0 Å². The second-order valence-corrected chi connectivity index (χ2v) is 7.41.